The first kappa shape index (κ1) is 7.86. The van der Waals surface area contributed by atoms with Gasteiger partial charge in [-0.15, -0.1) is 0 Å². The van der Waals surface area contributed by atoms with Gasteiger partial charge in [-0.25, -0.2) is 0 Å². The molecule has 0 fully saturated rings. The average molecular weight is 155 g/mol. The van der Waals surface area contributed by atoms with E-state index in [0.717, 1.165) is 11.8 Å². The van der Waals surface area contributed by atoms with Crippen LogP contribution in [0.1, 0.15) is 0 Å². The van der Waals surface area contributed by atoms with Gasteiger partial charge in [-0.2, -0.15) is 23.7 Å². The molecule has 0 saturated heterocycles. The van der Waals surface area contributed by atoms with Gasteiger partial charge in [0.2, 0.25) is 0 Å². The van der Waals surface area contributed by atoms with Gasteiger partial charge >= 0.3 is 0 Å². The van der Waals surface area contributed by atoms with Crippen molar-refractivity contribution in [3.05, 3.63) is 0 Å². The van der Waals surface area contributed by atoms with E-state index in [9.17, 15) is 0 Å². The molecule has 0 aliphatic carbocycles. The van der Waals surface area contributed by atoms with Crippen molar-refractivity contribution in [3.63, 3.8) is 0 Å². The molecule has 0 aliphatic rings. The number of hydrogen-bond donors (Lipinski definition) is 1. The summed E-state index contributed by atoms with van der Waals surface area (Å²) < 4.78 is 0. The molecule has 0 aromatic carbocycles. The molecule has 44 valence electrons. The Bertz CT molecular complexity index is 50.1. The molecule has 0 saturated carbocycles. The van der Waals surface area contributed by atoms with Crippen molar-refractivity contribution in [1.29, 1.82) is 0 Å². The normalized spacial score (nSPS) is 12.0. The molecule has 0 aromatic heterocycles. The lowest BCUT2D eigenvalue weighted by molar-refractivity contribution is 1.43. The minimum atomic E-state index is -1.26. The predicted molar refractivity (Wildman–Crippen MR) is 42.0 cm³/mol. The Morgan fingerprint density at radius 3 is 2.00 bits per heavy atom. The molecule has 0 bridgehead atoms. The van der Waals surface area contributed by atoms with Crippen LogP contribution >= 0.6 is 23.7 Å². The lowest BCUT2D eigenvalue weighted by Gasteiger charge is -2.08. The van der Waals surface area contributed by atoms with Crippen molar-refractivity contribution < 1.29 is 0 Å². The van der Waals surface area contributed by atoms with Crippen LogP contribution in [0.2, 0.25) is 19.1 Å². The van der Waals surface area contributed by atoms with E-state index in [4.69, 9.17) is 11.1 Å². The quantitative estimate of drug-likeness (QED) is 0.353. The predicted octanol–water partition coefficient (Wildman–Crippen LogP) is 2.36. The average Bonchev–Trinajstić information content (AvgIpc) is 1.30. The maximum Gasteiger partial charge on any atom is 0.151 e. The maximum absolute atomic E-state index is 5.92. The van der Waals surface area contributed by atoms with Crippen LogP contribution in [0.3, 0.4) is 0 Å². The molecule has 0 unspecified atom stereocenters. The molecule has 3 heteroatoms. The number of thiol groups is 1. The second-order valence-electron chi connectivity index (χ2n) is 2.19. The van der Waals surface area contributed by atoms with E-state index >= 15 is 0 Å². The highest BCUT2D eigenvalue weighted by molar-refractivity contribution is 7.80. The summed E-state index contributed by atoms with van der Waals surface area (Å²) in [6.45, 7) is 4.26. The monoisotopic (exact) mass is 154 g/mol. The van der Waals surface area contributed by atoms with Crippen LogP contribution in [-0.4, -0.2) is 13.1 Å². The SMILES string of the molecule is C[Si](C)(Cl)CCS. The summed E-state index contributed by atoms with van der Waals surface area (Å²) in [4.78, 5) is 0. The zero-order chi connectivity index (χ0) is 5.91. The molecule has 0 heterocycles. The third kappa shape index (κ3) is 6.86. The first-order valence-electron chi connectivity index (χ1n) is 2.36. The molecule has 0 radical (unpaired) electrons. The molecule has 0 atom stereocenters. The second kappa shape index (κ2) is 3.00. The third-order valence-electron chi connectivity index (χ3n) is 0.706. The highest BCUT2D eigenvalue weighted by atomic mass is 35.6. The van der Waals surface area contributed by atoms with Crippen LogP contribution in [0.25, 0.3) is 0 Å². The Hall–Kier alpha value is 0.857. The fourth-order valence-corrected chi connectivity index (χ4v) is 3.15. The van der Waals surface area contributed by atoms with Gasteiger partial charge in [0.15, 0.2) is 7.38 Å². The van der Waals surface area contributed by atoms with Crippen LogP contribution < -0.4 is 0 Å². The van der Waals surface area contributed by atoms with E-state index in [1.165, 1.54) is 0 Å². The minimum absolute atomic E-state index is 0.933. The van der Waals surface area contributed by atoms with Crippen LogP contribution in [0, 0.1) is 0 Å². The van der Waals surface area contributed by atoms with Gasteiger partial charge in [-0.05, 0) is 11.8 Å². The fourth-order valence-electron chi connectivity index (χ4n) is 0.266. The molecule has 0 spiro atoms. The topological polar surface area (TPSA) is 0 Å². The zero-order valence-electron chi connectivity index (χ0n) is 4.74. The van der Waals surface area contributed by atoms with Crippen molar-refractivity contribution >= 4 is 31.1 Å². The molecule has 0 aromatic rings. The van der Waals surface area contributed by atoms with Crippen molar-refractivity contribution in [2.75, 3.05) is 5.75 Å². The minimum Gasteiger partial charge on any atom is -0.180 e. The Morgan fingerprint density at radius 2 is 2.00 bits per heavy atom. The zero-order valence-corrected chi connectivity index (χ0v) is 7.39. The molecule has 0 nitrogen and oxygen atoms in total. The van der Waals surface area contributed by atoms with E-state index in [-0.39, 0.29) is 0 Å². The summed E-state index contributed by atoms with van der Waals surface area (Å²) in [6.07, 6.45) is 0. The van der Waals surface area contributed by atoms with Gasteiger partial charge < -0.3 is 0 Å². The van der Waals surface area contributed by atoms with Crippen LogP contribution in [0.4, 0.5) is 0 Å². The molecular weight excluding hydrogens is 144 g/mol. The summed E-state index contributed by atoms with van der Waals surface area (Å²) in [7, 11) is -1.26. The molecule has 0 N–H and O–H groups in total. The van der Waals surface area contributed by atoms with E-state index in [0.29, 0.717) is 0 Å². The third-order valence-corrected chi connectivity index (χ3v) is 3.36. The summed E-state index contributed by atoms with van der Waals surface area (Å²) in [5.41, 5.74) is 0. The first-order valence-corrected chi connectivity index (χ1v) is 7.21. The van der Waals surface area contributed by atoms with E-state index in [1.807, 2.05) is 0 Å². The Balaban J connectivity index is 3.15. The van der Waals surface area contributed by atoms with Crippen molar-refractivity contribution in [2.24, 2.45) is 0 Å². The summed E-state index contributed by atoms with van der Waals surface area (Å²) in [5.74, 6) is 0.933. The standard InChI is InChI=1S/C4H11ClSSi/c1-7(2,5)4-3-6/h6H,3-4H2,1-2H3. The largest absolute Gasteiger partial charge is 0.180 e. The molecule has 0 aliphatic heterocycles. The lowest BCUT2D eigenvalue weighted by Crippen LogP contribution is -2.15. The van der Waals surface area contributed by atoms with Gasteiger partial charge in [0.1, 0.15) is 0 Å². The fraction of sp³-hybridized carbons (Fsp3) is 1.00. The Labute approximate surface area is 56.4 Å². The highest BCUT2D eigenvalue weighted by Gasteiger charge is 2.13. The van der Waals surface area contributed by atoms with Crippen molar-refractivity contribution in [2.45, 2.75) is 19.1 Å². The molecule has 0 rings (SSSR count). The summed E-state index contributed by atoms with van der Waals surface area (Å²) in [6, 6.07) is 1.11. The van der Waals surface area contributed by atoms with E-state index in [2.05, 4.69) is 25.7 Å². The molecule has 7 heavy (non-hydrogen) atoms. The number of halogens is 1. The Morgan fingerprint density at radius 1 is 1.57 bits per heavy atom. The molecular formula is C4H11ClSSi. The van der Waals surface area contributed by atoms with Crippen LogP contribution in [-0.2, 0) is 0 Å². The van der Waals surface area contributed by atoms with Crippen LogP contribution in [0.5, 0.6) is 0 Å². The van der Waals surface area contributed by atoms with E-state index in [1.54, 1.807) is 0 Å². The van der Waals surface area contributed by atoms with Gasteiger partial charge in [0.25, 0.3) is 0 Å². The van der Waals surface area contributed by atoms with Gasteiger partial charge in [-0.1, -0.05) is 13.1 Å². The summed E-state index contributed by atoms with van der Waals surface area (Å²) in [5, 5.41) is 0. The van der Waals surface area contributed by atoms with Gasteiger partial charge in [-0.3, -0.25) is 0 Å². The Kier molecular flexibility index (Phi) is 3.37. The van der Waals surface area contributed by atoms with Gasteiger partial charge in [0.05, 0.1) is 0 Å². The van der Waals surface area contributed by atoms with Gasteiger partial charge in [0, 0.05) is 0 Å². The summed E-state index contributed by atoms with van der Waals surface area (Å²) >= 11 is 9.99. The van der Waals surface area contributed by atoms with Crippen LogP contribution in [0.15, 0.2) is 0 Å². The van der Waals surface area contributed by atoms with Crippen molar-refractivity contribution in [3.8, 4) is 0 Å². The number of hydrogen-bond acceptors (Lipinski definition) is 1. The smallest absolute Gasteiger partial charge is 0.151 e. The lowest BCUT2D eigenvalue weighted by atomic mass is 11.0. The highest BCUT2D eigenvalue weighted by Crippen LogP contribution is 2.13. The van der Waals surface area contributed by atoms with Crippen molar-refractivity contribution in [1.82, 2.24) is 0 Å². The molecule has 0 amide bonds. The number of rotatable bonds is 2. The van der Waals surface area contributed by atoms with E-state index < -0.39 is 7.38 Å². The maximum atomic E-state index is 5.92. The first-order chi connectivity index (χ1) is 3.06. The second-order valence-corrected chi connectivity index (χ2v) is 9.65.